The number of hydrogen-bond acceptors (Lipinski definition) is 3. The highest BCUT2D eigenvalue weighted by Crippen LogP contribution is 2.33. The summed E-state index contributed by atoms with van der Waals surface area (Å²) in [6, 6.07) is 0. The highest BCUT2D eigenvalue weighted by molar-refractivity contribution is 7.90. The molecule has 0 amide bonds. The zero-order valence-electron chi connectivity index (χ0n) is 8.93. The fourth-order valence-corrected chi connectivity index (χ4v) is 4.08. The average Bonchev–Trinajstić information content (AvgIpc) is 3.02. The standard InChI is InChI=1S/C10H19NO3S/c12-8-5-9-3-6-11(7-4-9)15(13,14)10-1-2-10/h9-10,12H,1-8H2. The molecule has 15 heavy (non-hydrogen) atoms. The molecule has 88 valence electrons. The predicted molar refractivity (Wildman–Crippen MR) is 57.9 cm³/mol. The molecular weight excluding hydrogens is 214 g/mol. The molecule has 2 rings (SSSR count). The molecule has 1 N–H and O–H groups in total. The topological polar surface area (TPSA) is 57.6 Å². The first-order chi connectivity index (χ1) is 7.14. The van der Waals surface area contributed by atoms with Crippen LogP contribution in [0.25, 0.3) is 0 Å². The smallest absolute Gasteiger partial charge is 0.216 e. The summed E-state index contributed by atoms with van der Waals surface area (Å²) in [5.74, 6) is 0.514. The first-order valence-corrected chi connectivity index (χ1v) is 7.24. The number of hydrogen-bond donors (Lipinski definition) is 1. The van der Waals surface area contributed by atoms with Gasteiger partial charge in [-0.2, -0.15) is 0 Å². The number of rotatable bonds is 4. The van der Waals surface area contributed by atoms with Crippen molar-refractivity contribution in [3.8, 4) is 0 Å². The van der Waals surface area contributed by atoms with E-state index in [1.807, 2.05) is 0 Å². The maximum absolute atomic E-state index is 11.9. The van der Waals surface area contributed by atoms with E-state index >= 15 is 0 Å². The summed E-state index contributed by atoms with van der Waals surface area (Å²) in [5.41, 5.74) is 0. The maximum Gasteiger partial charge on any atom is 0.216 e. The van der Waals surface area contributed by atoms with Gasteiger partial charge in [0.15, 0.2) is 0 Å². The molecule has 0 aromatic rings. The molecule has 4 nitrogen and oxygen atoms in total. The van der Waals surface area contributed by atoms with Crippen LogP contribution in [0.2, 0.25) is 0 Å². The molecule has 1 saturated heterocycles. The molecule has 2 aliphatic rings. The molecule has 0 spiro atoms. The van der Waals surface area contributed by atoms with E-state index in [0.717, 1.165) is 32.1 Å². The van der Waals surface area contributed by atoms with E-state index < -0.39 is 10.0 Å². The third-order valence-electron chi connectivity index (χ3n) is 3.42. The first kappa shape index (κ1) is 11.4. The van der Waals surface area contributed by atoms with Gasteiger partial charge in [0.25, 0.3) is 0 Å². The number of nitrogens with zero attached hydrogens (tertiary/aromatic N) is 1. The SMILES string of the molecule is O=S(=O)(C1CC1)N1CCC(CCO)CC1. The van der Waals surface area contributed by atoms with Gasteiger partial charge in [0.2, 0.25) is 10.0 Å². The van der Waals surface area contributed by atoms with Crippen LogP contribution in [0.15, 0.2) is 0 Å². The molecule has 0 atom stereocenters. The Labute approximate surface area is 91.3 Å². The van der Waals surface area contributed by atoms with Gasteiger partial charge in [-0.3, -0.25) is 0 Å². The largest absolute Gasteiger partial charge is 0.396 e. The highest BCUT2D eigenvalue weighted by atomic mass is 32.2. The van der Waals surface area contributed by atoms with Crippen molar-refractivity contribution < 1.29 is 13.5 Å². The molecule has 5 heteroatoms. The zero-order valence-corrected chi connectivity index (χ0v) is 9.75. The van der Waals surface area contributed by atoms with Gasteiger partial charge in [0.1, 0.15) is 0 Å². The van der Waals surface area contributed by atoms with Crippen molar-refractivity contribution in [2.24, 2.45) is 5.92 Å². The monoisotopic (exact) mass is 233 g/mol. The van der Waals surface area contributed by atoms with Crippen molar-refractivity contribution in [2.75, 3.05) is 19.7 Å². The summed E-state index contributed by atoms with van der Waals surface area (Å²) in [7, 11) is -2.96. The Morgan fingerprint density at radius 3 is 2.20 bits per heavy atom. The zero-order chi connectivity index (χ0) is 10.9. The summed E-state index contributed by atoms with van der Waals surface area (Å²) < 4.78 is 25.4. The van der Waals surface area contributed by atoms with Crippen LogP contribution in [0, 0.1) is 5.92 Å². The van der Waals surface area contributed by atoms with Gasteiger partial charge in [0.05, 0.1) is 5.25 Å². The quantitative estimate of drug-likeness (QED) is 0.772. The maximum atomic E-state index is 11.9. The minimum Gasteiger partial charge on any atom is -0.396 e. The molecule has 0 aromatic carbocycles. The Kier molecular flexibility index (Phi) is 3.33. The van der Waals surface area contributed by atoms with Crippen LogP contribution in [0.3, 0.4) is 0 Å². The molecule has 0 radical (unpaired) electrons. The van der Waals surface area contributed by atoms with E-state index in [2.05, 4.69) is 0 Å². The molecule has 0 aromatic heterocycles. The second-order valence-corrected chi connectivity index (χ2v) is 6.81. The number of piperidine rings is 1. The van der Waals surface area contributed by atoms with Gasteiger partial charge in [-0.25, -0.2) is 12.7 Å². The number of sulfonamides is 1. The van der Waals surface area contributed by atoms with Crippen molar-refractivity contribution in [1.82, 2.24) is 4.31 Å². The lowest BCUT2D eigenvalue weighted by atomic mass is 9.95. The Bertz CT molecular complexity index is 303. The fourth-order valence-electron chi connectivity index (χ4n) is 2.21. The van der Waals surface area contributed by atoms with Crippen LogP contribution in [-0.2, 0) is 10.0 Å². The Balaban J connectivity index is 1.87. The first-order valence-electron chi connectivity index (χ1n) is 5.74. The van der Waals surface area contributed by atoms with Crippen LogP contribution < -0.4 is 0 Å². The highest BCUT2D eigenvalue weighted by Gasteiger charge is 2.40. The second-order valence-electron chi connectivity index (χ2n) is 4.60. The molecule has 1 saturated carbocycles. The van der Waals surface area contributed by atoms with Crippen molar-refractivity contribution in [2.45, 2.75) is 37.4 Å². The van der Waals surface area contributed by atoms with Crippen molar-refractivity contribution in [1.29, 1.82) is 0 Å². The van der Waals surface area contributed by atoms with E-state index in [-0.39, 0.29) is 11.9 Å². The van der Waals surface area contributed by atoms with Gasteiger partial charge in [-0.15, -0.1) is 0 Å². The van der Waals surface area contributed by atoms with Crippen LogP contribution in [0.5, 0.6) is 0 Å². The van der Waals surface area contributed by atoms with Crippen molar-refractivity contribution >= 4 is 10.0 Å². The number of aliphatic hydroxyl groups excluding tert-OH is 1. The molecule has 1 aliphatic carbocycles. The summed E-state index contributed by atoms with van der Waals surface area (Å²) in [5, 5.41) is 8.73. The summed E-state index contributed by atoms with van der Waals surface area (Å²) in [6.45, 7) is 1.53. The third-order valence-corrected chi connectivity index (χ3v) is 5.82. The molecule has 0 bridgehead atoms. The molecule has 1 heterocycles. The van der Waals surface area contributed by atoms with E-state index in [1.165, 1.54) is 0 Å². The Hall–Kier alpha value is -0.130. The Morgan fingerprint density at radius 2 is 1.73 bits per heavy atom. The van der Waals surface area contributed by atoms with Crippen LogP contribution in [0.4, 0.5) is 0 Å². The van der Waals surface area contributed by atoms with Gasteiger partial charge in [-0.05, 0) is 38.0 Å². The second kappa shape index (κ2) is 4.39. The molecular formula is C10H19NO3S. The van der Waals surface area contributed by atoms with Crippen molar-refractivity contribution in [3.05, 3.63) is 0 Å². The van der Waals surface area contributed by atoms with Gasteiger partial charge in [-0.1, -0.05) is 0 Å². The fraction of sp³-hybridized carbons (Fsp3) is 1.00. The van der Waals surface area contributed by atoms with Gasteiger partial charge < -0.3 is 5.11 Å². The van der Waals surface area contributed by atoms with E-state index in [1.54, 1.807) is 4.31 Å². The Morgan fingerprint density at radius 1 is 1.13 bits per heavy atom. The van der Waals surface area contributed by atoms with Crippen molar-refractivity contribution in [3.63, 3.8) is 0 Å². The van der Waals surface area contributed by atoms with E-state index in [0.29, 0.717) is 19.0 Å². The summed E-state index contributed by atoms with van der Waals surface area (Å²) in [4.78, 5) is 0. The summed E-state index contributed by atoms with van der Waals surface area (Å²) in [6.07, 6.45) is 4.33. The molecule has 0 unspecified atom stereocenters. The summed E-state index contributed by atoms with van der Waals surface area (Å²) >= 11 is 0. The predicted octanol–water partition coefficient (Wildman–Crippen LogP) is 0.573. The third kappa shape index (κ3) is 2.52. The normalized spacial score (nSPS) is 25.7. The average molecular weight is 233 g/mol. The molecule has 2 fully saturated rings. The van der Waals surface area contributed by atoms with E-state index in [9.17, 15) is 8.42 Å². The van der Waals surface area contributed by atoms with Crippen LogP contribution >= 0.6 is 0 Å². The van der Waals surface area contributed by atoms with Crippen LogP contribution in [0.1, 0.15) is 32.1 Å². The molecule has 1 aliphatic heterocycles. The lowest BCUT2D eigenvalue weighted by molar-refractivity contribution is 0.208. The lowest BCUT2D eigenvalue weighted by Crippen LogP contribution is -2.40. The minimum absolute atomic E-state index is 0.0770. The lowest BCUT2D eigenvalue weighted by Gasteiger charge is -2.30. The van der Waals surface area contributed by atoms with Crippen LogP contribution in [-0.4, -0.2) is 42.8 Å². The van der Waals surface area contributed by atoms with E-state index in [4.69, 9.17) is 5.11 Å². The van der Waals surface area contributed by atoms with Gasteiger partial charge in [0, 0.05) is 19.7 Å². The minimum atomic E-state index is -2.96. The van der Waals surface area contributed by atoms with Gasteiger partial charge >= 0.3 is 0 Å². The number of aliphatic hydroxyl groups is 1.